The van der Waals surface area contributed by atoms with Crippen molar-refractivity contribution in [3.63, 3.8) is 0 Å². The second-order valence-corrected chi connectivity index (χ2v) is 6.59. The molecule has 2 rings (SSSR count). The third-order valence-electron chi connectivity index (χ3n) is 1.94. The van der Waals surface area contributed by atoms with Gasteiger partial charge in [-0.25, -0.2) is 0 Å². The van der Waals surface area contributed by atoms with Crippen LogP contribution < -0.4 is 0 Å². The van der Waals surface area contributed by atoms with E-state index in [1.807, 2.05) is 11.4 Å². The fourth-order valence-corrected chi connectivity index (χ4v) is 3.09. The van der Waals surface area contributed by atoms with E-state index in [1.54, 1.807) is 29.3 Å². The fraction of sp³-hybridized carbons (Fsp3) is 0.111. The van der Waals surface area contributed by atoms with Crippen LogP contribution in [0.5, 0.6) is 0 Å². The fourth-order valence-electron chi connectivity index (χ4n) is 1.23. The predicted molar refractivity (Wildman–Crippen MR) is 71.4 cm³/mol. The highest BCUT2D eigenvalue weighted by Crippen LogP contribution is 2.23. The molecule has 0 unspecified atom stereocenters. The molecular weight excluding hydrogens is 391 g/mol. The van der Waals surface area contributed by atoms with E-state index in [-0.39, 0.29) is 5.78 Å². The van der Waals surface area contributed by atoms with Crippen LogP contribution in [0.4, 0.5) is 0 Å². The molecule has 0 radical (unpaired) electrons. The summed E-state index contributed by atoms with van der Waals surface area (Å²) in [4.78, 5) is 12.1. The molecule has 0 aromatic carbocycles. The molecule has 78 valence electrons. The maximum absolute atomic E-state index is 12.1. The Morgan fingerprint density at radius 2 is 2.40 bits per heavy atom. The largest absolute Gasteiger partial charge is 0.287 e. The molecule has 2 aromatic heterocycles. The number of halogens is 2. The van der Waals surface area contributed by atoms with Crippen molar-refractivity contribution in [1.29, 1.82) is 0 Å². The van der Waals surface area contributed by atoms with Gasteiger partial charge in [-0.3, -0.25) is 9.48 Å². The van der Waals surface area contributed by atoms with Crippen molar-refractivity contribution in [2.24, 2.45) is 7.05 Å². The maximum Gasteiger partial charge on any atom is 0.213 e. The summed E-state index contributed by atoms with van der Waals surface area (Å²) in [7, 11) is 1.76. The van der Waals surface area contributed by atoms with E-state index in [2.05, 4.69) is 43.6 Å². The highest BCUT2D eigenvalue weighted by Gasteiger charge is 2.18. The number of carbonyl (C=O) groups excluding carboxylic acids is 1. The molecule has 3 nitrogen and oxygen atoms in total. The van der Waals surface area contributed by atoms with Crippen molar-refractivity contribution in [2.75, 3.05) is 0 Å². The Labute approximate surface area is 113 Å². The average Bonchev–Trinajstić information content (AvgIpc) is 2.73. The number of thiophene rings is 1. The molecule has 15 heavy (non-hydrogen) atoms. The Kier molecular flexibility index (Phi) is 3.27. The zero-order valence-electron chi connectivity index (χ0n) is 7.70. The van der Waals surface area contributed by atoms with Crippen molar-refractivity contribution >= 4 is 55.6 Å². The summed E-state index contributed by atoms with van der Waals surface area (Å²) in [6, 6.07) is 1.88. The van der Waals surface area contributed by atoms with Crippen LogP contribution in [-0.2, 0) is 7.05 Å². The monoisotopic (exact) mass is 396 g/mol. The normalized spacial score (nSPS) is 10.6. The molecule has 0 spiro atoms. The van der Waals surface area contributed by atoms with Crippen LogP contribution in [0.3, 0.4) is 0 Å². The molecule has 2 aromatic rings. The van der Waals surface area contributed by atoms with Gasteiger partial charge in [0.25, 0.3) is 0 Å². The number of nitrogens with zero attached hydrogens (tertiary/aromatic N) is 2. The molecule has 0 amide bonds. The summed E-state index contributed by atoms with van der Waals surface area (Å²) >= 11 is 7.08. The molecule has 0 aliphatic carbocycles. The van der Waals surface area contributed by atoms with Gasteiger partial charge in [0, 0.05) is 18.0 Å². The van der Waals surface area contributed by atoms with Crippen molar-refractivity contribution in [3.8, 4) is 0 Å². The lowest BCUT2D eigenvalue weighted by molar-refractivity contribution is 0.103. The lowest BCUT2D eigenvalue weighted by Gasteiger charge is -1.99. The van der Waals surface area contributed by atoms with E-state index in [0.29, 0.717) is 11.3 Å². The van der Waals surface area contributed by atoms with Gasteiger partial charge < -0.3 is 0 Å². The van der Waals surface area contributed by atoms with Crippen molar-refractivity contribution in [1.82, 2.24) is 9.78 Å². The van der Waals surface area contributed by atoms with Gasteiger partial charge in [-0.15, -0.1) is 11.3 Å². The first-order chi connectivity index (χ1) is 7.09. The van der Waals surface area contributed by atoms with Crippen molar-refractivity contribution < 1.29 is 4.79 Å². The number of carbonyl (C=O) groups is 1. The number of ketones is 1. The van der Waals surface area contributed by atoms with Crippen molar-refractivity contribution in [3.05, 3.63) is 36.3 Å². The second kappa shape index (κ2) is 4.34. The Hall–Kier alpha value is -0.210. The second-order valence-electron chi connectivity index (χ2n) is 2.93. The summed E-state index contributed by atoms with van der Waals surface area (Å²) < 4.78 is 3.42. The summed E-state index contributed by atoms with van der Waals surface area (Å²) in [5.74, 6) is 0.000964. The molecule has 2 heterocycles. The van der Waals surface area contributed by atoms with Crippen LogP contribution in [0.2, 0.25) is 0 Å². The molecule has 0 fully saturated rings. The van der Waals surface area contributed by atoms with Gasteiger partial charge in [-0.2, -0.15) is 5.10 Å². The van der Waals surface area contributed by atoms with Crippen LogP contribution in [0.15, 0.2) is 22.1 Å². The number of hydrogen-bond donors (Lipinski definition) is 0. The third-order valence-corrected chi connectivity index (χ3v) is 4.31. The number of aryl methyl sites for hydroxylation is 1. The Balaban J connectivity index is 2.45. The van der Waals surface area contributed by atoms with Gasteiger partial charge in [0.05, 0.1) is 13.6 Å². The molecule has 0 saturated heterocycles. The highest BCUT2D eigenvalue weighted by atomic mass is 127. The topological polar surface area (TPSA) is 34.9 Å². The quantitative estimate of drug-likeness (QED) is 0.577. The predicted octanol–water partition coefficient (Wildman–Crippen LogP) is 3.08. The van der Waals surface area contributed by atoms with Crippen LogP contribution in [0.1, 0.15) is 16.1 Å². The first kappa shape index (κ1) is 11.3. The van der Waals surface area contributed by atoms with Crippen LogP contribution >= 0.6 is 49.9 Å². The minimum atomic E-state index is 0.000964. The first-order valence-corrected chi connectivity index (χ1v) is 6.81. The number of rotatable bonds is 2. The molecule has 6 heteroatoms. The zero-order valence-corrected chi connectivity index (χ0v) is 12.3. The molecule has 0 saturated carbocycles. The van der Waals surface area contributed by atoms with E-state index < -0.39 is 0 Å². The Bertz CT molecular complexity index is 500. The van der Waals surface area contributed by atoms with Gasteiger partial charge in [0.2, 0.25) is 5.78 Å². The molecule has 0 N–H and O–H groups in total. The van der Waals surface area contributed by atoms with Gasteiger partial charge in [0.15, 0.2) is 0 Å². The highest BCUT2D eigenvalue weighted by molar-refractivity contribution is 14.1. The molecule has 0 aliphatic heterocycles. The summed E-state index contributed by atoms with van der Waals surface area (Å²) in [5.41, 5.74) is 1.30. The van der Waals surface area contributed by atoms with Crippen LogP contribution in [-0.4, -0.2) is 15.6 Å². The SMILES string of the molecule is Cn1ncc(Br)c1C(=O)c1csc(I)c1. The molecule has 0 aliphatic rings. The number of hydrogen-bond acceptors (Lipinski definition) is 3. The van der Waals surface area contributed by atoms with E-state index >= 15 is 0 Å². The molecular formula is C9H6BrIN2OS. The first-order valence-electron chi connectivity index (χ1n) is 4.06. The van der Waals surface area contributed by atoms with Crippen molar-refractivity contribution in [2.45, 2.75) is 0 Å². The third kappa shape index (κ3) is 2.16. The van der Waals surface area contributed by atoms with E-state index in [4.69, 9.17) is 0 Å². The average molecular weight is 397 g/mol. The minimum Gasteiger partial charge on any atom is -0.287 e. The minimum absolute atomic E-state index is 0.000964. The van der Waals surface area contributed by atoms with E-state index in [0.717, 1.165) is 7.36 Å². The number of aromatic nitrogens is 2. The standard InChI is InChI=1S/C9H6BrIN2OS/c1-13-8(6(10)3-12-13)9(14)5-2-7(11)15-4-5/h2-4H,1H3. The van der Waals surface area contributed by atoms with E-state index in [1.165, 1.54) is 0 Å². The Morgan fingerprint density at radius 1 is 1.67 bits per heavy atom. The summed E-state index contributed by atoms with van der Waals surface area (Å²) in [6.45, 7) is 0. The summed E-state index contributed by atoms with van der Waals surface area (Å²) in [5, 5.41) is 5.88. The van der Waals surface area contributed by atoms with Gasteiger partial charge >= 0.3 is 0 Å². The van der Waals surface area contributed by atoms with Crippen LogP contribution in [0, 0.1) is 2.88 Å². The molecule has 0 atom stereocenters. The summed E-state index contributed by atoms with van der Waals surface area (Å²) in [6.07, 6.45) is 1.63. The van der Waals surface area contributed by atoms with Gasteiger partial charge in [-0.1, -0.05) is 0 Å². The maximum atomic E-state index is 12.1. The lowest BCUT2D eigenvalue weighted by atomic mass is 10.2. The molecule has 0 bridgehead atoms. The van der Waals surface area contributed by atoms with Gasteiger partial charge in [0.1, 0.15) is 5.69 Å². The zero-order chi connectivity index (χ0) is 11.0. The Morgan fingerprint density at radius 3 is 2.87 bits per heavy atom. The van der Waals surface area contributed by atoms with Crippen LogP contribution in [0.25, 0.3) is 0 Å². The smallest absolute Gasteiger partial charge is 0.213 e. The van der Waals surface area contributed by atoms with E-state index in [9.17, 15) is 4.79 Å². The lowest BCUT2D eigenvalue weighted by Crippen LogP contribution is -2.07. The van der Waals surface area contributed by atoms with Gasteiger partial charge in [-0.05, 0) is 44.6 Å².